The number of ketones is 2. The lowest BCUT2D eigenvalue weighted by molar-refractivity contribution is -0.881. The Morgan fingerprint density at radius 2 is 1.73 bits per heavy atom. The van der Waals surface area contributed by atoms with E-state index in [0.29, 0.717) is 4.90 Å². The van der Waals surface area contributed by atoms with Crippen molar-refractivity contribution in [2.75, 3.05) is 14.1 Å². The number of rotatable bonds is 2. The molecular weight excluding hydrogens is 436 g/mol. The Kier molecular flexibility index (Phi) is 4.78. The summed E-state index contributed by atoms with van der Waals surface area (Å²) in [6, 6.07) is 2.60. The van der Waals surface area contributed by atoms with Gasteiger partial charge in [-0.2, -0.15) is 0 Å². The van der Waals surface area contributed by atoms with Crippen LogP contribution in [0.25, 0.3) is 5.76 Å². The smallest absolute Gasteiger partial charge is 0.256 e. The van der Waals surface area contributed by atoms with Crippen molar-refractivity contribution in [1.82, 2.24) is 0 Å². The lowest BCUT2D eigenvalue weighted by atomic mass is 9.53. The lowest BCUT2D eigenvalue weighted by Gasteiger charge is -2.54. The Morgan fingerprint density at radius 3 is 2.27 bits per heavy atom. The number of nitrogens with two attached hydrogens (primary N) is 1. The van der Waals surface area contributed by atoms with Crippen molar-refractivity contribution in [3.63, 3.8) is 0 Å². The van der Waals surface area contributed by atoms with Gasteiger partial charge in [0.2, 0.25) is 11.6 Å². The summed E-state index contributed by atoms with van der Waals surface area (Å²) in [7, 11) is 2.96. The quantitative estimate of drug-likeness (QED) is 0.214. The fraction of sp³-hybridized carbons (Fsp3) is 0.409. The van der Waals surface area contributed by atoms with Crippen molar-refractivity contribution in [3.8, 4) is 5.75 Å². The van der Waals surface area contributed by atoms with Gasteiger partial charge in [0.1, 0.15) is 22.8 Å². The summed E-state index contributed by atoms with van der Waals surface area (Å²) in [4.78, 5) is 39.0. The Morgan fingerprint density at radius 1 is 1.12 bits per heavy atom. The minimum atomic E-state index is -3.00. The number of likely N-dealkylation sites (N-methyl/N-ethyl adjacent to an activating group) is 1. The largest absolute Gasteiger partial charge is 0.508 e. The van der Waals surface area contributed by atoms with E-state index < -0.39 is 81.1 Å². The molecule has 0 aliphatic heterocycles. The standard InChI is InChI=1S/C22H24N2O9/c1-21(32)7-5-4-6-8(25)9(7)15(26)10-12(21)17(28)13-14(24(2)3)16(27)11(20(23)31)19(30)22(13,33)18(10)29/h4-6,12-14,17,25-26,28,30,32-33H,1-3H3,(H2,23,31)/p+1/t12-,13-,14+,17+,21-,22+/m1/s1. The first-order valence-electron chi connectivity index (χ1n) is 10.2. The number of fused-ring (bicyclic) bond motifs is 3. The third kappa shape index (κ3) is 2.61. The van der Waals surface area contributed by atoms with Gasteiger partial charge in [0.25, 0.3) is 5.91 Å². The maximum atomic E-state index is 13.7. The summed E-state index contributed by atoms with van der Waals surface area (Å²) < 4.78 is 0. The maximum Gasteiger partial charge on any atom is 0.256 e. The highest BCUT2D eigenvalue weighted by Crippen LogP contribution is 2.56. The van der Waals surface area contributed by atoms with Crippen molar-refractivity contribution < 1.29 is 49.9 Å². The van der Waals surface area contributed by atoms with Crippen LogP contribution in [0.3, 0.4) is 0 Å². The Labute approximate surface area is 187 Å². The van der Waals surface area contributed by atoms with Crippen molar-refractivity contribution >= 4 is 23.2 Å². The predicted molar refractivity (Wildman–Crippen MR) is 111 cm³/mol. The molecular formula is C22H25N2O9+. The van der Waals surface area contributed by atoms with Crippen LogP contribution in [0.5, 0.6) is 5.75 Å². The molecule has 33 heavy (non-hydrogen) atoms. The number of benzene rings is 1. The van der Waals surface area contributed by atoms with E-state index in [1.807, 2.05) is 0 Å². The molecule has 9 N–H and O–H groups in total. The highest BCUT2D eigenvalue weighted by Gasteiger charge is 2.71. The average Bonchev–Trinajstić information content (AvgIpc) is 2.70. The molecule has 4 rings (SSSR count). The minimum Gasteiger partial charge on any atom is -0.508 e. The number of aliphatic hydroxyl groups excluding tert-OH is 3. The highest BCUT2D eigenvalue weighted by atomic mass is 16.4. The second kappa shape index (κ2) is 6.87. The Bertz CT molecular complexity index is 1180. The van der Waals surface area contributed by atoms with E-state index in [2.05, 4.69) is 0 Å². The molecule has 0 spiro atoms. The first kappa shape index (κ1) is 22.9. The third-order valence-corrected chi connectivity index (χ3v) is 7.13. The molecule has 6 atom stereocenters. The third-order valence-electron chi connectivity index (χ3n) is 7.13. The van der Waals surface area contributed by atoms with Gasteiger partial charge in [-0.1, -0.05) is 12.1 Å². The van der Waals surface area contributed by atoms with Crippen molar-refractivity contribution in [2.24, 2.45) is 17.6 Å². The second-order valence-electron chi connectivity index (χ2n) is 9.21. The van der Waals surface area contributed by atoms with Crippen molar-refractivity contribution in [1.29, 1.82) is 0 Å². The van der Waals surface area contributed by atoms with Gasteiger partial charge in [0.05, 0.1) is 48.8 Å². The zero-order valence-electron chi connectivity index (χ0n) is 18.0. The van der Waals surface area contributed by atoms with Crippen LogP contribution in [0.4, 0.5) is 0 Å². The summed E-state index contributed by atoms with van der Waals surface area (Å²) in [6.07, 6.45) is -1.85. The molecule has 1 fully saturated rings. The number of quaternary nitrogens is 1. The molecule has 1 aromatic carbocycles. The van der Waals surface area contributed by atoms with Crippen LogP contribution in [0.2, 0.25) is 0 Å². The normalized spacial score (nSPS) is 36.0. The molecule has 0 aromatic heterocycles. The van der Waals surface area contributed by atoms with Crippen molar-refractivity contribution in [2.45, 2.75) is 30.3 Å². The van der Waals surface area contributed by atoms with E-state index >= 15 is 0 Å². The summed E-state index contributed by atoms with van der Waals surface area (Å²) in [6.45, 7) is 1.26. The van der Waals surface area contributed by atoms with Gasteiger partial charge in [-0.15, -0.1) is 0 Å². The van der Waals surface area contributed by atoms with Crippen LogP contribution in [0.15, 0.2) is 35.1 Å². The molecule has 1 saturated carbocycles. The monoisotopic (exact) mass is 461 g/mol. The highest BCUT2D eigenvalue weighted by molar-refractivity contribution is 6.24. The van der Waals surface area contributed by atoms with Crippen molar-refractivity contribution in [3.05, 3.63) is 46.2 Å². The van der Waals surface area contributed by atoms with Gasteiger partial charge in [-0.05, 0) is 18.6 Å². The van der Waals surface area contributed by atoms with Crippen LogP contribution in [-0.2, 0) is 20.0 Å². The van der Waals surface area contributed by atoms with Gasteiger partial charge in [0, 0.05) is 0 Å². The van der Waals surface area contributed by atoms with Crippen LogP contribution in [0, 0.1) is 11.8 Å². The predicted octanol–water partition coefficient (Wildman–Crippen LogP) is -2.82. The number of primary amides is 1. The molecule has 1 amide bonds. The molecule has 3 aliphatic rings. The first-order valence-corrected chi connectivity index (χ1v) is 10.2. The minimum absolute atomic E-state index is 0.0134. The van der Waals surface area contributed by atoms with E-state index in [9.17, 15) is 45.0 Å². The molecule has 3 aliphatic carbocycles. The topological polar surface area (TPSA) is 203 Å². The van der Waals surface area contributed by atoms with Gasteiger partial charge in [-0.25, -0.2) is 0 Å². The summed E-state index contributed by atoms with van der Waals surface area (Å²) in [5.41, 5.74) is -1.69. The number of amides is 1. The van der Waals surface area contributed by atoms with E-state index in [0.717, 1.165) is 0 Å². The summed E-state index contributed by atoms with van der Waals surface area (Å²) >= 11 is 0. The number of hydrogen-bond donors (Lipinski definition) is 8. The van der Waals surface area contributed by atoms with Gasteiger partial charge in [-0.3, -0.25) is 14.4 Å². The number of carbonyl (C=O) groups excluding carboxylic acids is 3. The van der Waals surface area contributed by atoms with E-state index in [1.165, 1.54) is 39.2 Å². The van der Waals surface area contributed by atoms with E-state index in [-0.39, 0.29) is 11.1 Å². The SMILES string of the molecule is C[NH+](C)[C@@H]1C(=O)C(C(N)=O)=C(O)[C@@]2(O)C(=O)C3=C(O)c4c(O)cccc4[C@@](C)(O)[C@H]3[C@H](O)[C@@H]12. The Hall–Kier alpha value is -3.25. The maximum absolute atomic E-state index is 13.7. The fourth-order valence-corrected chi connectivity index (χ4v) is 5.69. The average molecular weight is 461 g/mol. The Balaban J connectivity index is 2.11. The van der Waals surface area contributed by atoms with E-state index in [4.69, 9.17) is 5.73 Å². The lowest BCUT2D eigenvalue weighted by Crippen LogP contribution is -3.13. The molecule has 11 heteroatoms. The number of nitrogens with one attached hydrogen (secondary N) is 1. The van der Waals surface area contributed by atoms with Crippen LogP contribution < -0.4 is 10.6 Å². The molecule has 11 nitrogen and oxygen atoms in total. The molecule has 0 radical (unpaired) electrons. The number of phenolic OH excluding ortho intramolecular Hbond substituents is 1. The van der Waals surface area contributed by atoms with Gasteiger partial charge in [0.15, 0.2) is 11.6 Å². The molecule has 0 saturated heterocycles. The molecule has 1 aromatic rings. The summed E-state index contributed by atoms with van der Waals surface area (Å²) in [5, 5.41) is 66.4. The number of carbonyl (C=O) groups is 3. The number of hydrogen-bond acceptors (Lipinski definition) is 9. The van der Waals surface area contributed by atoms with Crippen LogP contribution in [0.1, 0.15) is 18.1 Å². The molecule has 0 unspecified atom stereocenters. The van der Waals surface area contributed by atoms with Crippen LogP contribution >= 0.6 is 0 Å². The van der Waals surface area contributed by atoms with E-state index in [1.54, 1.807) is 0 Å². The number of phenols is 1. The fourth-order valence-electron chi connectivity index (χ4n) is 5.69. The van der Waals surface area contributed by atoms with Gasteiger partial charge >= 0.3 is 0 Å². The molecule has 0 bridgehead atoms. The summed E-state index contributed by atoms with van der Waals surface area (Å²) in [5.74, 6) is -9.53. The van der Waals surface area contributed by atoms with Crippen LogP contribution in [-0.4, -0.2) is 80.0 Å². The van der Waals surface area contributed by atoms with Gasteiger partial charge < -0.3 is 41.3 Å². The second-order valence-corrected chi connectivity index (χ2v) is 9.21. The first-order chi connectivity index (χ1) is 15.2. The molecule has 0 heterocycles. The number of aliphatic hydroxyl groups is 5. The zero-order valence-corrected chi connectivity index (χ0v) is 18.0. The number of aromatic hydroxyl groups is 1. The zero-order chi connectivity index (χ0) is 24.8. The molecule has 176 valence electrons. The number of Topliss-reactive ketones (excluding diaryl/α,β-unsaturated/α-hetero) is 2.